The molecule has 7 nitrogen and oxygen atoms in total. The first-order valence-electron chi connectivity index (χ1n) is 8.73. The Balaban J connectivity index is 1.55. The third kappa shape index (κ3) is 3.56. The summed E-state index contributed by atoms with van der Waals surface area (Å²) in [5, 5.41) is 0. The quantitative estimate of drug-likeness (QED) is 0.616. The lowest BCUT2D eigenvalue weighted by Crippen LogP contribution is -2.50. The Morgan fingerprint density at radius 2 is 1.72 bits per heavy atom. The van der Waals surface area contributed by atoms with Gasteiger partial charge in [-0.15, -0.1) is 0 Å². The van der Waals surface area contributed by atoms with Crippen molar-refractivity contribution in [3.63, 3.8) is 0 Å². The maximum atomic E-state index is 13.9. The molecule has 0 atom stereocenters. The molecule has 1 fully saturated rings. The van der Waals surface area contributed by atoms with Gasteiger partial charge in [0.2, 0.25) is 10.0 Å². The average molecular weight is 438 g/mol. The van der Waals surface area contributed by atoms with Crippen LogP contribution in [0.4, 0.5) is 8.78 Å². The van der Waals surface area contributed by atoms with Gasteiger partial charge in [0.25, 0.3) is 5.91 Å². The van der Waals surface area contributed by atoms with Crippen molar-refractivity contribution in [3.8, 4) is 0 Å². The maximum absolute atomic E-state index is 13.9. The highest BCUT2D eigenvalue weighted by atomic mass is 32.2. The molecule has 29 heavy (non-hydrogen) atoms. The van der Waals surface area contributed by atoms with Crippen molar-refractivity contribution in [3.05, 3.63) is 58.4 Å². The molecule has 0 radical (unpaired) electrons. The van der Waals surface area contributed by atoms with Gasteiger partial charge < -0.3 is 14.9 Å². The minimum atomic E-state index is -4.01. The smallest absolute Gasteiger partial charge is 0.256 e. The van der Waals surface area contributed by atoms with E-state index >= 15 is 0 Å². The van der Waals surface area contributed by atoms with Crippen molar-refractivity contribution in [1.29, 1.82) is 0 Å². The van der Waals surface area contributed by atoms with Crippen molar-refractivity contribution in [2.45, 2.75) is 4.90 Å². The number of hydrogen-bond acceptors (Lipinski definition) is 4. The zero-order chi connectivity index (χ0) is 20.8. The molecule has 152 valence electrons. The molecule has 0 saturated carbocycles. The van der Waals surface area contributed by atoms with Crippen LogP contribution in [0.3, 0.4) is 0 Å². The summed E-state index contributed by atoms with van der Waals surface area (Å²) in [5.74, 6) is -1.86. The number of amides is 1. The number of rotatable bonds is 3. The van der Waals surface area contributed by atoms with Crippen LogP contribution in [0.5, 0.6) is 0 Å². The SMILES string of the molecule is O=C(c1cc(F)cc2[nH]c(=S)[nH]c12)N1CCN(S(=O)(=O)c2ccccc2F)CC1. The second kappa shape index (κ2) is 7.32. The number of carbonyl (C=O) groups is 1. The summed E-state index contributed by atoms with van der Waals surface area (Å²) in [4.78, 5) is 19.6. The van der Waals surface area contributed by atoms with Crippen LogP contribution in [0.15, 0.2) is 41.3 Å². The van der Waals surface area contributed by atoms with Crippen molar-refractivity contribution in [1.82, 2.24) is 19.2 Å². The molecule has 3 aromatic rings. The zero-order valence-corrected chi connectivity index (χ0v) is 16.6. The Morgan fingerprint density at radius 1 is 1.03 bits per heavy atom. The van der Waals surface area contributed by atoms with Gasteiger partial charge in [0.15, 0.2) is 4.77 Å². The molecule has 2 N–H and O–H groups in total. The van der Waals surface area contributed by atoms with Gasteiger partial charge in [-0.1, -0.05) is 12.1 Å². The molecule has 4 rings (SSSR count). The van der Waals surface area contributed by atoms with Gasteiger partial charge in [0, 0.05) is 26.2 Å². The van der Waals surface area contributed by atoms with Gasteiger partial charge in [-0.2, -0.15) is 4.31 Å². The lowest BCUT2D eigenvalue weighted by molar-refractivity contribution is 0.0699. The first-order valence-corrected chi connectivity index (χ1v) is 10.6. The van der Waals surface area contributed by atoms with E-state index in [0.717, 1.165) is 16.4 Å². The Kier molecular flexibility index (Phi) is 4.97. The lowest BCUT2D eigenvalue weighted by Gasteiger charge is -2.34. The number of aromatic amines is 2. The Hall–Kier alpha value is -2.63. The lowest BCUT2D eigenvalue weighted by atomic mass is 10.1. The molecule has 0 spiro atoms. The third-order valence-corrected chi connectivity index (χ3v) is 6.94. The largest absolute Gasteiger partial charge is 0.336 e. The van der Waals surface area contributed by atoms with E-state index < -0.39 is 32.5 Å². The van der Waals surface area contributed by atoms with E-state index in [-0.39, 0.29) is 36.5 Å². The third-order valence-electron chi connectivity index (χ3n) is 4.80. The van der Waals surface area contributed by atoms with Gasteiger partial charge in [0.1, 0.15) is 16.5 Å². The first kappa shape index (κ1) is 19.7. The molecule has 0 aliphatic carbocycles. The number of sulfonamides is 1. The molecule has 1 saturated heterocycles. The molecule has 1 aliphatic rings. The van der Waals surface area contributed by atoms with Crippen LogP contribution < -0.4 is 0 Å². The molecule has 0 bridgehead atoms. The van der Waals surface area contributed by atoms with Gasteiger partial charge in [-0.05, 0) is 36.5 Å². The van der Waals surface area contributed by atoms with Gasteiger partial charge in [0.05, 0.1) is 16.6 Å². The minimum Gasteiger partial charge on any atom is -0.336 e. The van der Waals surface area contributed by atoms with Crippen LogP contribution >= 0.6 is 12.2 Å². The number of benzene rings is 2. The van der Waals surface area contributed by atoms with E-state index in [1.165, 1.54) is 29.2 Å². The fraction of sp³-hybridized carbons (Fsp3) is 0.222. The van der Waals surface area contributed by atoms with Crippen LogP contribution in [0, 0.1) is 16.4 Å². The molecule has 11 heteroatoms. The normalized spacial score (nSPS) is 15.7. The zero-order valence-electron chi connectivity index (χ0n) is 15.0. The van der Waals surface area contributed by atoms with E-state index in [1.54, 1.807) is 0 Å². The number of nitrogens with one attached hydrogen (secondary N) is 2. The fourth-order valence-electron chi connectivity index (χ4n) is 3.37. The molecule has 2 aromatic carbocycles. The summed E-state index contributed by atoms with van der Waals surface area (Å²) < 4.78 is 54.6. The second-order valence-corrected chi connectivity index (χ2v) is 8.90. The van der Waals surface area contributed by atoms with Crippen LogP contribution in [0.2, 0.25) is 0 Å². The summed E-state index contributed by atoms with van der Waals surface area (Å²) in [7, 11) is -4.01. The Labute approximate surface area is 170 Å². The Bertz CT molecular complexity index is 1260. The molecule has 1 aromatic heterocycles. The highest BCUT2D eigenvalue weighted by molar-refractivity contribution is 7.89. The predicted molar refractivity (Wildman–Crippen MR) is 105 cm³/mol. The van der Waals surface area contributed by atoms with Crippen LogP contribution in [-0.4, -0.2) is 59.7 Å². The molecular weight excluding hydrogens is 422 g/mol. The number of hydrogen-bond donors (Lipinski definition) is 2. The second-order valence-electron chi connectivity index (χ2n) is 6.58. The summed E-state index contributed by atoms with van der Waals surface area (Å²) in [6, 6.07) is 7.51. The van der Waals surface area contributed by atoms with Crippen molar-refractivity contribution >= 4 is 39.2 Å². The number of carbonyl (C=O) groups excluding carboxylic acids is 1. The highest BCUT2D eigenvalue weighted by Gasteiger charge is 2.32. The number of imidazole rings is 1. The molecule has 2 heterocycles. The van der Waals surface area contributed by atoms with Crippen LogP contribution in [0.25, 0.3) is 11.0 Å². The summed E-state index contributed by atoms with van der Waals surface area (Å²) >= 11 is 5.01. The van der Waals surface area contributed by atoms with Crippen LogP contribution in [-0.2, 0) is 10.0 Å². The molecule has 1 amide bonds. The minimum absolute atomic E-state index is 0.00397. The fourth-order valence-corrected chi connectivity index (χ4v) is 5.07. The predicted octanol–water partition coefficient (Wildman–Crippen LogP) is 2.65. The number of fused-ring (bicyclic) bond motifs is 1. The number of nitrogens with zero attached hydrogens (tertiary/aromatic N) is 2. The molecule has 0 unspecified atom stereocenters. The van der Waals surface area contributed by atoms with Crippen LogP contribution in [0.1, 0.15) is 10.4 Å². The van der Waals surface area contributed by atoms with Crippen molar-refractivity contribution in [2.24, 2.45) is 0 Å². The maximum Gasteiger partial charge on any atom is 0.256 e. The van der Waals surface area contributed by atoms with Gasteiger partial charge in [-0.25, -0.2) is 17.2 Å². The Morgan fingerprint density at radius 3 is 2.41 bits per heavy atom. The first-order chi connectivity index (χ1) is 13.8. The number of piperazine rings is 1. The highest BCUT2D eigenvalue weighted by Crippen LogP contribution is 2.23. The molecule has 1 aliphatic heterocycles. The summed E-state index contributed by atoms with van der Waals surface area (Å²) in [6.07, 6.45) is 0. The van der Waals surface area contributed by atoms with E-state index in [4.69, 9.17) is 12.2 Å². The van der Waals surface area contributed by atoms with Gasteiger partial charge in [-0.3, -0.25) is 4.79 Å². The molecular formula is C18H16F2N4O3S2. The summed E-state index contributed by atoms with van der Waals surface area (Å²) in [5.41, 5.74) is 0.875. The topological polar surface area (TPSA) is 89.3 Å². The number of H-pyrrole nitrogens is 2. The van der Waals surface area contributed by atoms with Crippen molar-refractivity contribution < 1.29 is 22.0 Å². The van der Waals surface area contributed by atoms with E-state index in [0.29, 0.717) is 11.0 Å². The van der Waals surface area contributed by atoms with Crippen molar-refractivity contribution in [2.75, 3.05) is 26.2 Å². The average Bonchev–Trinajstić information content (AvgIpc) is 3.07. The van der Waals surface area contributed by atoms with E-state index in [2.05, 4.69) is 9.97 Å². The number of halogens is 2. The standard InChI is InChI=1S/C18H16F2N4O3S2/c19-11-9-12(16-14(10-11)21-18(28)22-16)17(25)23-5-7-24(8-6-23)29(26,27)15-4-2-1-3-13(15)20/h1-4,9-10H,5-8H2,(H2,21,22,28). The monoisotopic (exact) mass is 438 g/mol. The summed E-state index contributed by atoms with van der Waals surface area (Å²) in [6.45, 7) is 0.194. The van der Waals surface area contributed by atoms with E-state index in [9.17, 15) is 22.0 Å². The van der Waals surface area contributed by atoms with E-state index in [1.807, 2.05) is 0 Å². The van der Waals surface area contributed by atoms with Gasteiger partial charge >= 0.3 is 0 Å². The number of aromatic nitrogens is 2.